The molecule has 0 bridgehead atoms. The van der Waals surface area contributed by atoms with Crippen molar-refractivity contribution in [3.05, 3.63) is 35.4 Å². The Kier molecular flexibility index (Phi) is 4.11. The van der Waals surface area contributed by atoms with E-state index in [0.29, 0.717) is 17.4 Å². The highest BCUT2D eigenvalue weighted by Crippen LogP contribution is 2.41. The first-order valence-corrected chi connectivity index (χ1v) is 8.62. The van der Waals surface area contributed by atoms with Crippen molar-refractivity contribution in [3.63, 3.8) is 0 Å². The maximum Gasteiger partial charge on any atom is 0.0456 e. The largest absolute Gasteiger partial charge is 0.323 e. The highest BCUT2D eigenvalue weighted by Gasteiger charge is 2.37. The lowest BCUT2D eigenvalue weighted by Gasteiger charge is -2.47. The predicted molar refractivity (Wildman–Crippen MR) is 89.4 cm³/mol. The van der Waals surface area contributed by atoms with Crippen molar-refractivity contribution in [2.45, 2.75) is 64.5 Å². The predicted octanol–water partition coefficient (Wildman–Crippen LogP) is 4.07. The summed E-state index contributed by atoms with van der Waals surface area (Å²) in [7, 11) is 0. The molecule has 2 heteroatoms. The van der Waals surface area contributed by atoms with E-state index in [2.05, 4.69) is 49.9 Å². The zero-order valence-electron chi connectivity index (χ0n) is 13.8. The molecule has 3 rings (SSSR count). The van der Waals surface area contributed by atoms with E-state index in [1.807, 2.05) is 0 Å². The molecule has 0 radical (unpaired) electrons. The Morgan fingerprint density at radius 2 is 1.81 bits per heavy atom. The smallest absolute Gasteiger partial charge is 0.0456 e. The quantitative estimate of drug-likeness (QED) is 0.888. The average molecular weight is 286 g/mol. The van der Waals surface area contributed by atoms with E-state index in [-0.39, 0.29) is 6.04 Å². The molecule has 0 aromatic heterocycles. The molecule has 2 nitrogen and oxygen atoms in total. The molecular formula is C19H30N2. The van der Waals surface area contributed by atoms with Crippen LogP contribution in [0.25, 0.3) is 0 Å². The van der Waals surface area contributed by atoms with Crippen molar-refractivity contribution in [2.75, 3.05) is 13.1 Å². The number of nitrogens with zero attached hydrogens (tertiary/aromatic N) is 1. The molecule has 1 aromatic rings. The van der Waals surface area contributed by atoms with E-state index in [1.54, 1.807) is 0 Å². The van der Waals surface area contributed by atoms with Crippen LogP contribution in [0.15, 0.2) is 24.3 Å². The van der Waals surface area contributed by atoms with Crippen LogP contribution in [0.2, 0.25) is 0 Å². The standard InChI is InChI=1S/C19H30N2/c1-4-19(3)9-11-21(12-10-19)17-13-14(2)15-7-5-6-8-16(15)18(17)20/h5-8,14,17-18H,4,9-13,20H2,1-3H3. The number of hydrogen-bond acceptors (Lipinski definition) is 2. The SMILES string of the molecule is CCC1(C)CCN(C2CC(C)c3ccccc3C2N)CC1. The minimum Gasteiger partial charge on any atom is -0.323 e. The summed E-state index contributed by atoms with van der Waals surface area (Å²) in [5.74, 6) is 0.630. The Bertz CT molecular complexity index is 488. The fourth-order valence-corrected chi connectivity index (χ4v) is 4.23. The van der Waals surface area contributed by atoms with Crippen molar-refractivity contribution in [1.82, 2.24) is 4.90 Å². The molecule has 0 saturated carbocycles. The van der Waals surface area contributed by atoms with E-state index in [0.717, 1.165) is 0 Å². The van der Waals surface area contributed by atoms with Gasteiger partial charge in [-0.15, -0.1) is 0 Å². The molecule has 1 aliphatic heterocycles. The lowest BCUT2D eigenvalue weighted by molar-refractivity contribution is 0.0606. The van der Waals surface area contributed by atoms with Crippen LogP contribution in [0, 0.1) is 5.41 Å². The second-order valence-electron chi connectivity index (χ2n) is 7.56. The molecule has 0 spiro atoms. The minimum absolute atomic E-state index is 0.184. The molecule has 2 aliphatic rings. The van der Waals surface area contributed by atoms with Gasteiger partial charge in [0.25, 0.3) is 0 Å². The van der Waals surface area contributed by atoms with Crippen molar-refractivity contribution in [3.8, 4) is 0 Å². The maximum absolute atomic E-state index is 6.64. The van der Waals surface area contributed by atoms with Crippen LogP contribution in [-0.2, 0) is 0 Å². The van der Waals surface area contributed by atoms with Crippen LogP contribution in [0.4, 0.5) is 0 Å². The first-order valence-electron chi connectivity index (χ1n) is 8.62. The van der Waals surface area contributed by atoms with E-state index in [9.17, 15) is 0 Å². The minimum atomic E-state index is 0.184. The summed E-state index contributed by atoms with van der Waals surface area (Å²) in [4.78, 5) is 2.68. The van der Waals surface area contributed by atoms with Gasteiger partial charge in [-0.1, -0.05) is 51.5 Å². The number of piperidine rings is 1. The van der Waals surface area contributed by atoms with Gasteiger partial charge in [-0.2, -0.15) is 0 Å². The van der Waals surface area contributed by atoms with E-state index in [4.69, 9.17) is 5.73 Å². The number of rotatable bonds is 2. The normalized spacial score (nSPS) is 32.7. The van der Waals surface area contributed by atoms with E-state index in [1.165, 1.54) is 49.9 Å². The van der Waals surface area contributed by atoms with Crippen LogP contribution in [0.1, 0.15) is 69.5 Å². The molecule has 116 valence electrons. The summed E-state index contributed by atoms with van der Waals surface area (Å²) in [6.07, 6.45) is 5.16. The molecule has 1 aromatic carbocycles. The van der Waals surface area contributed by atoms with Crippen LogP contribution in [0.3, 0.4) is 0 Å². The molecule has 1 fully saturated rings. The summed E-state index contributed by atoms with van der Waals surface area (Å²) < 4.78 is 0. The van der Waals surface area contributed by atoms with Crippen LogP contribution in [-0.4, -0.2) is 24.0 Å². The van der Waals surface area contributed by atoms with Crippen molar-refractivity contribution < 1.29 is 0 Å². The van der Waals surface area contributed by atoms with Gasteiger partial charge in [0.05, 0.1) is 0 Å². The monoisotopic (exact) mass is 286 g/mol. The molecule has 1 heterocycles. The Morgan fingerprint density at radius 1 is 1.19 bits per heavy atom. The number of likely N-dealkylation sites (tertiary alicyclic amines) is 1. The van der Waals surface area contributed by atoms with E-state index >= 15 is 0 Å². The Labute approximate surface area is 129 Å². The molecule has 21 heavy (non-hydrogen) atoms. The van der Waals surface area contributed by atoms with Gasteiger partial charge in [-0.25, -0.2) is 0 Å². The lowest BCUT2D eigenvalue weighted by atomic mass is 9.74. The zero-order chi connectivity index (χ0) is 15.0. The van der Waals surface area contributed by atoms with Crippen molar-refractivity contribution in [2.24, 2.45) is 11.1 Å². The zero-order valence-corrected chi connectivity index (χ0v) is 13.8. The van der Waals surface area contributed by atoms with Gasteiger partial charge in [0.1, 0.15) is 0 Å². The average Bonchev–Trinajstić information content (AvgIpc) is 2.52. The van der Waals surface area contributed by atoms with Gasteiger partial charge in [0, 0.05) is 12.1 Å². The van der Waals surface area contributed by atoms with Gasteiger partial charge < -0.3 is 5.73 Å². The molecule has 2 N–H and O–H groups in total. The van der Waals surface area contributed by atoms with Crippen molar-refractivity contribution >= 4 is 0 Å². The van der Waals surface area contributed by atoms with Gasteiger partial charge in [-0.05, 0) is 54.8 Å². The first-order chi connectivity index (χ1) is 10.0. The van der Waals surface area contributed by atoms with Gasteiger partial charge in [-0.3, -0.25) is 4.90 Å². The third-order valence-electron chi connectivity index (χ3n) is 6.22. The third kappa shape index (κ3) is 2.76. The summed E-state index contributed by atoms with van der Waals surface area (Å²) >= 11 is 0. The van der Waals surface area contributed by atoms with Crippen LogP contribution >= 0.6 is 0 Å². The first kappa shape index (κ1) is 15.1. The fraction of sp³-hybridized carbons (Fsp3) is 0.684. The summed E-state index contributed by atoms with van der Waals surface area (Å²) in [5, 5.41) is 0. The summed E-state index contributed by atoms with van der Waals surface area (Å²) in [6, 6.07) is 9.50. The molecule has 3 atom stereocenters. The lowest BCUT2D eigenvalue weighted by Crippen LogP contribution is -2.50. The molecule has 0 amide bonds. The second-order valence-corrected chi connectivity index (χ2v) is 7.56. The molecule has 1 aliphatic carbocycles. The molecule has 1 saturated heterocycles. The molecular weight excluding hydrogens is 256 g/mol. The van der Waals surface area contributed by atoms with Crippen LogP contribution < -0.4 is 5.73 Å². The maximum atomic E-state index is 6.64. The number of benzene rings is 1. The van der Waals surface area contributed by atoms with Gasteiger partial charge in [0.15, 0.2) is 0 Å². The highest BCUT2D eigenvalue weighted by atomic mass is 15.2. The Balaban J connectivity index is 1.76. The highest BCUT2D eigenvalue weighted by molar-refractivity contribution is 5.36. The second kappa shape index (κ2) is 5.73. The number of hydrogen-bond donors (Lipinski definition) is 1. The van der Waals surface area contributed by atoms with Crippen LogP contribution in [0.5, 0.6) is 0 Å². The topological polar surface area (TPSA) is 29.3 Å². The summed E-state index contributed by atoms with van der Waals surface area (Å²) in [5.41, 5.74) is 10.0. The number of fused-ring (bicyclic) bond motifs is 1. The Hall–Kier alpha value is -0.860. The third-order valence-corrected chi connectivity index (χ3v) is 6.22. The summed E-state index contributed by atoms with van der Waals surface area (Å²) in [6.45, 7) is 9.58. The molecule has 3 unspecified atom stereocenters. The van der Waals surface area contributed by atoms with Gasteiger partial charge in [0.2, 0.25) is 0 Å². The van der Waals surface area contributed by atoms with Crippen molar-refractivity contribution in [1.29, 1.82) is 0 Å². The fourth-order valence-electron chi connectivity index (χ4n) is 4.23. The van der Waals surface area contributed by atoms with Gasteiger partial charge >= 0.3 is 0 Å². The van der Waals surface area contributed by atoms with E-state index < -0.39 is 0 Å². The number of nitrogens with two attached hydrogens (primary N) is 1. The Morgan fingerprint density at radius 3 is 2.43 bits per heavy atom.